The number of thiazole rings is 1. The van der Waals surface area contributed by atoms with E-state index in [-0.39, 0.29) is 35.1 Å². The number of aliphatic hydroxyl groups is 1. The van der Waals surface area contributed by atoms with Crippen LogP contribution in [0, 0.1) is 0 Å². The topological polar surface area (TPSA) is 138 Å². The smallest absolute Gasteiger partial charge is 0.275 e. The van der Waals surface area contributed by atoms with Crippen LogP contribution in [0.25, 0.3) is 16.0 Å². The van der Waals surface area contributed by atoms with E-state index in [1.165, 1.54) is 11.3 Å². The van der Waals surface area contributed by atoms with E-state index >= 15 is 0 Å². The summed E-state index contributed by atoms with van der Waals surface area (Å²) in [7, 11) is 0. The van der Waals surface area contributed by atoms with Gasteiger partial charge in [0.15, 0.2) is 16.6 Å². The summed E-state index contributed by atoms with van der Waals surface area (Å²) in [6.45, 7) is 2.40. The van der Waals surface area contributed by atoms with Crippen LogP contribution in [0.2, 0.25) is 0 Å². The number of hydrogen-bond acceptors (Lipinski definition) is 9. The molecular weight excluding hydrogens is 542 g/mol. The maximum Gasteiger partial charge on any atom is 0.275 e. The standard InChI is InChI=1S/C31H27N3O6S/c1-2-40-21-12-13-24-27(17-21)41-31(32-24)33-30(38)25(34-39)16-20(35)15-23(18-8-4-3-5-9-18)28-26(36)14-19-10-6-7-11-22(19)29(28)37/h3-13,17,23,37,39H,2,14-16H2,1H3,(H,32,33,38)/b34-25+/t23-/m0/s1. The fraction of sp³-hybridized carbons (Fsp3) is 0.194. The first kappa shape index (κ1) is 27.7. The Balaban J connectivity index is 1.35. The molecule has 0 radical (unpaired) electrons. The monoisotopic (exact) mass is 569 g/mol. The third-order valence-electron chi connectivity index (χ3n) is 6.80. The van der Waals surface area contributed by atoms with E-state index in [0.717, 1.165) is 4.70 Å². The highest BCUT2D eigenvalue weighted by molar-refractivity contribution is 7.22. The lowest BCUT2D eigenvalue weighted by molar-refractivity contribution is -0.119. The predicted molar refractivity (Wildman–Crippen MR) is 157 cm³/mol. The van der Waals surface area contributed by atoms with E-state index in [1.807, 2.05) is 19.1 Å². The molecule has 0 saturated heterocycles. The average Bonchev–Trinajstić information content (AvgIpc) is 3.37. The molecule has 1 aliphatic rings. The molecule has 41 heavy (non-hydrogen) atoms. The number of allylic oxidation sites excluding steroid dienone is 1. The largest absolute Gasteiger partial charge is 0.507 e. The van der Waals surface area contributed by atoms with Crippen LogP contribution in [0.4, 0.5) is 5.13 Å². The second-order valence-electron chi connectivity index (χ2n) is 9.48. The molecule has 4 aromatic rings. The Morgan fingerprint density at radius 3 is 2.61 bits per heavy atom. The number of ether oxygens (including phenoxy) is 1. The molecule has 5 rings (SSSR count). The van der Waals surface area contributed by atoms with Gasteiger partial charge in [0.25, 0.3) is 5.91 Å². The molecule has 3 aromatic carbocycles. The first-order valence-corrected chi connectivity index (χ1v) is 13.9. The number of aromatic nitrogens is 1. The molecule has 0 aliphatic heterocycles. The van der Waals surface area contributed by atoms with E-state index in [1.54, 1.807) is 60.7 Å². The number of carbonyl (C=O) groups is 3. The third-order valence-corrected chi connectivity index (χ3v) is 7.73. The summed E-state index contributed by atoms with van der Waals surface area (Å²) in [6, 6.07) is 21.4. The Bertz CT molecular complexity index is 1690. The van der Waals surface area contributed by atoms with Crippen LogP contribution in [0.15, 0.2) is 83.5 Å². The minimum atomic E-state index is -0.772. The molecular formula is C31H27N3O6S. The molecule has 208 valence electrons. The molecule has 0 saturated carbocycles. The number of amides is 1. The Labute approximate surface area is 239 Å². The maximum atomic E-state index is 13.3. The number of hydrogen-bond donors (Lipinski definition) is 3. The number of anilines is 1. The van der Waals surface area contributed by atoms with Crippen molar-refractivity contribution in [1.29, 1.82) is 0 Å². The highest BCUT2D eigenvalue weighted by atomic mass is 32.1. The van der Waals surface area contributed by atoms with E-state index in [2.05, 4.69) is 15.5 Å². The first-order valence-electron chi connectivity index (χ1n) is 13.0. The van der Waals surface area contributed by atoms with Crippen molar-refractivity contribution in [3.05, 3.63) is 95.1 Å². The number of Topliss-reactive ketones (excluding diaryl/α,β-unsaturated/α-hetero) is 2. The minimum absolute atomic E-state index is 0.104. The number of benzene rings is 3. The maximum absolute atomic E-state index is 13.3. The number of rotatable bonds is 10. The highest BCUT2D eigenvalue weighted by Crippen LogP contribution is 2.38. The number of fused-ring (bicyclic) bond motifs is 2. The van der Waals surface area contributed by atoms with Crippen molar-refractivity contribution in [1.82, 2.24) is 4.98 Å². The van der Waals surface area contributed by atoms with Crippen LogP contribution in [-0.4, -0.2) is 45.1 Å². The van der Waals surface area contributed by atoms with Crippen LogP contribution in [-0.2, 0) is 20.8 Å². The molecule has 1 aliphatic carbocycles. The van der Waals surface area contributed by atoms with Crippen LogP contribution < -0.4 is 10.1 Å². The van der Waals surface area contributed by atoms with Gasteiger partial charge in [-0.1, -0.05) is 71.1 Å². The van der Waals surface area contributed by atoms with Gasteiger partial charge in [0.2, 0.25) is 0 Å². The highest BCUT2D eigenvalue weighted by Gasteiger charge is 2.33. The van der Waals surface area contributed by atoms with Gasteiger partial charge >= 0.3 is 0 Å². The molecule has 1 aromatic heterocycles. The summed E-state index contributed by atoms with van der Waals surface area (Å²) in [5.74, 6) is -1.73. The summed E-state index contributed by atoms with van der Waals surface area (Å²) < 4.78 is 6.30. The Morgan fingerprint density at radius 2 is 1.85 bits per heavy atom. The number of nitrogens with one attached hydrogen (secondary N) is 1. The number of nitrogens with zero attached hydrogens (tertiary/aromatic N) is 2. The summed E-state index contributed by atoms with van der Waals surface area (Å²) >= 11 is 1.22. The minimum Gasteiger partial charge on any atom is -0.507 e. The molecule has 3 N–H and O–H groups in total. The quantitative estimate of drug-likeness (QED) is 0.127. The summed E-state index contributed by atoms with van der Waals surface area (Å²) in [6.07, 6.45) is -0.568. The lowest BCUT2D eigenvalue weighted by Crippen LogP contribution is -2.27. The van der Waals surface area contributed by atoms with Crippen molar-refractivity contribution in [2.24, 2.45) is 5.16 Å². The number of carbonyl (C=O) groups excluding carboxylic acids is 3. The van der Waals surface area contributed by atoms with Gasteiger partial charge in [-0.05, 0) is 36.2 Å². The zero-order chi connectivity index (χ0) is 28.9. The zero-order valence-corrected chi connectivity index (χ0v) is 23.0. The predicted octanol–water partition coefficient (Wildman–Crippen LogP) is 5.69. The van der Waals surface area contributed by atoms with E-state index in [9.17, 15) is 24.7 Å². The van der Waals surface area contributed by atoms with Crippen molar-refractivity contribution in [3.63, 3.8) is 0 Å². The van der Waals surface area contributed by atoms with Crippen molar-refractivity contribution in [2.75, 3.05) is 11.9 Å². The summed E-state index contributed by atoms with van der Waals surface area (Å²) in [5.41, 5.74) is 2.35. The molecule has 10 heteroatoms. The fourth-order valence-corrected chi connectivity index (χ4v) is 5.80. The van der Waals surface area contributed by atoms with Gasteiger partial charge in [-0.3, -0.25) is 19.7 Å². The van der Waals surface area contributed by atoms with Crippen LogP contribution in [0.5, 0.6) is 5.75 Å². The Morgan fingerprint density at radius 1 is 1.10 bits per heavy atom. The SMILES string of the molecule is CCOc1ccc2nc(NC(=O)/C(CC(=O)C[C@H](C3=C(O)c4ccccc4CC3=O)c3ccccc3)=N/O)sc2c1. The molecule has 9 nitrogen and oxygen atoms in total. The average molecular weight is 570 g/mol. The molecule has 1 atom stereocenters. The molecule has 0 spiro atoms. The van der Waals surface area contributed by atoms with Crippen LogP contribution in [0.1, 0.15) is 42.4 Å². The van der Waals surface area contributed by atoms with Gasteiger partial charge in [0, 0.05) is 29.9 Å². The molecule has 0 unspecified atom stereocenters. The Hall–Kier alpha value is -4.83. The normalized spacial score (nSPS) is 14.1. The fourth-order valence-electron chi connectivity index (χ4n) is 4.91. The van der Waals surface area contributed by atoms with Gasteiger partial charge in [0.1, 0.15) is 17.3 Å². The van der Waals surface area contributed by atoms with Crippen molar-refractivity contribution >= 4 is 55.6 Å². The molecule has 0 bridgehead atoms. The second kappa shape index (κ2) is 12.1. The van der Waals surface area contributed by atoms with E-state index < -0.39 is 29.7 Å². The number of oxime groups is 1. The molecule has 1 amide bonds. The van der Waals surface area contributed by atoms with Gasteiger partial charge < -0.3 is 15.1 Å². The van der Waals surface area contributed by atoms with Gasteiger partial charge in [-0.15, -0.1) is 0 Å². The summed E-state index contributed by atoms with van der Waals surface area (Å²) in [4.78, 5) is 43.8. The lowest BCUT2D eigenvalue weighted by atomic mass is 9.78. The van der Waals surface area contributed by atoms with E-state index in [4.69, 9.17) is 4.74 Å². The van der Waals surface area contributed by atoms with Crippen molar-refractivity contribution in [2.45, 2.75) is 32.1 Å². The second-order valence-corrected chi connectivity index (χ2v) is 10.5. The van der Waals surface area contributed by atoms with Crippen LogP contribution in [0.3, 0.4) is 0 Å². The van der Waals surface area contributed by atoms with Gasteiger partial charge in [0.05, 0.1) is 23.2 Å². The zero-order valence-electron chi connectivity index (χ0n) is 22.2. The van der Waals surface area contributed by atoms with Gasteiger partial charge in [-0.25, -0.2) is 4.98 Å². The lowest BCUT2D eigenvalue weighted by Gasteiger charge is -2.25. The molecule has 1 heterocycles. The van der Waals surface area contributed by atoms with Crippen molar-refractivity contribution in [3.8, 4) is 5.75 Å². The third kappa shape index (κ3) is 6.02. The number of aliphatic hydroxyl groups excluding tert-OH is 1. The Kier molecular flexibility index (Phi) is 8.21. The van der Waals surface area contributed by atoms with Gasteiger partial charge in [-0.2, -0.15) is 0 Å². The summed E-state index contributed by atoms with van der Waals surface area (Å²) in [5, 5.41) is 26.7. The van der Waals surface area contributed by atoms with Crippen LogP contribution >= 0.6 is 11.3 Å². The number of ketones is 2. The first-order chi connectivity index (χ1) is 19.9. The van der Waals surface area contributed by atoms with Crippen molar-refractivity contribution < 1.29 is 29.4 Å². The molecule has 0 fully saturated rings. The van der Waals surface area contributed by atoms with E-state index in [0.29, 0.717) is 34.6 Å².